The predicted octanol–water partition coefficient (Wildman–Crippen LogP) is 4.72. The van der Waals surface area contributed by atoms with Crippen molar-refractivity contribution in [1.82, 2.24) is 0 Å². The van der Waals surface area contributed by atoms with E-state index in [-0.39, 0.29) is 5.97 Å². The third-order valence-electron chi connectivity index (χ3n) is 4.94. The van der Waals surface area contributed by atoms with Crippen molar-refractivity contribution in [2.24, 2.45) is 0 Å². The van der Waals surface area contributed by atoms with E-state index in [0.29, 0.717) is 40.5 Å². The van der Waals surface area contributed by atoms with E-state index in [1.54, 1.807) is 36.4 Å². The van der Waals surface area contributed by atoms with E-state index in [0.717, 1.165) is 25.7 Å². The van der Waals surface area contributed by atoms with Crippen LogP contribution >= 0.6 is 0 Å². The van der Waals surface area contributed by atoms with Crippen LogP contribution in [0.5, 0.6) is 11.5 Å². The first kappa shape index (κ1) is 21.5. The van der Waals surface area contributed by atoms with Gasteiger partial charge in [-0.2, -0.15) is 0 Å². The van der Waals surface area contributed by atoms with Crippen LogP contribution in [-0.4, -0.2) is 32.8 Å². The molecule has 1 aliphatic heterocycles. The van der Waals surface area contributed by atoms with E-state index in [4.69, 9.17) is 18.9 Å². The van der Waals surface area contributed by atoms with E-state index in [9.17, 15) is 9.59 Å². The van der Waals surface area contributed by atoms with Gasteiger partial charge >= 0.3 is 11.9 Å². The average molecular weight is 413 g/mol. The average Bonchev–Trinajstić information content (AvgIpc) is 3.08. The van der Waals surface area contributed by atoms with Gasteiger partial charge in [-0.05, 0) is 42.8 Å². The third kappa shape index (κ3) is 4.67. The standard InChI is InChI=1S/C23H27NO6/c1-4-5-6-7-14-29-22(25)15-8-10-16(11-9-15)24-21-17-12-13-18(27-2)20(28-3)19(17)23(26)30-21/h8-13,21,24H,4-7,14H2,1-3H3. The molecular weight excluding hydrogens is 386 g/mol. The zero-order valence-electron chi connectivity index (χ0n) is 17.5. The van der Waals surface area contributed by atoms with Crippen molar-refractivity contribution in [3.63, 3.8) is 0 Å². The molecule has 1 unspecified atom stereocenters. The van der Waals surface area contributed by atoms with Gasteiger partial charge in [-0.15, -0.1) is 0 Å². The van der Waals surface area contributed by atoms with Crippen LogP contribution in [0.4, 0.5) is 5.69 Å². The first-order valence-electron chi connectivity index (χ1n) is 10.1. The number of carbonyl (C=O) groups excluding carboxylic acids is 2. The number of anilines is 1. The van der Waals surface area contributed by atoms with Crippen molar-refractivity contribution in [2.45, 2.75) is 38.8 Å². The third-order valence-corrected chi connectivity index (χ3v) is 4.94. The van der Waals surface area contributed by atoms with Crippen LogP contribution < -0.4 is 14.8 Å². The maximum atomic E-state index is 12.4. The number of hydrogen-bond donors (Lipinski definition) is 1. The lowest BCUT2D eigenvalue weighted by molar-refractivity contribution is 0.0434. The normalized spacial score (nSPS) is 14.6. The van der Waals surface area contributed by atoms with Crippen LogP contribution in [-0.2, 0) is 9.47 Å². The number of hydrogen-bond acceptors (Lipinski definition) is 7. The lowest BCUT2D eigenvalue weighted by Gasteiger charge is -2.15. The number of cyclic esters (lactones) is 1. The Morgan fingerprint density at radius 2 is 1.80 bits per heavy atom. The number of rotatable bonds is 10. The molecule has 0 saturated carbocycles. The smallest absolute Gasteiger partial charge is 0.344 e. The van der Waals surface area contributed by atoms with Gasteiger partial charge < -0.3 is 24.3 Å². The van der Waals surface area contributed by atoms with Gasteiger partial charge in [0.05, 0.1) is 26.4 Å². The first-order valence-corrected chi connectivity index (χ1v) is 10.1. The highest BCUT2D eigenvalue weighted by Gasteiger charge is 2.35. The maximum Gasteiger partial charge on any atom is 0.344 e. The molecule has 0 radical (unpaired) electrons. The van der Waals surface area contributed by atoms with E-state index < -0.39 is 12.2 Å². The minimum Gasteiger partial charge on any atom is -0.493 e. The maximum absolute atomic E-state index is 12.4. The number of methoxy groups -OCH3 is 2. The molecular formula is C23H27NO6. The van der Waals surface area contributed by atoms with Gasteiger partial charge in [0.2, 0.25) is 6.23 Å². The second kappa shape index (κ2) is 10.0. The van der Waals surface area contributed by atoms with Crippen LogP contribution in [0.15, 0.2) is 36.4 Å². The minimum absolute atomic E-state index is 0.340. The van der Waals surface area contributed by atoms with E-state index in [1.165, 1.54) is 14.2 Å². The van der Waals surface area contributed by atoms with Gasteiger partial charge in [-0.3, -0.25) is 0 Å². The minimum atomic E-state index is -0.663. The second-order valence-corrected chi connectivity index (χ2v) is 6.97. The molecule has 0 fully saturated rings. The van der Waals surface area contributed by atoms with Gasteiger partial charge in [-0.1, -0.05) is 26.2 Å². The molecule has 1 heterocycles. The molecule has 0 amide bonds. The number of nitrogens with one attached hydrogen (secondary N) is 1. The highest BCUT2D eigenvalue weighted by Crippen LogP contribution is 2.42. The molecule has 30 heavy (non-hydrogen) atoms. The molecule has 3 rings (SSSR count). The molecule has 160 valence electrons. The van der Waals surface area contributed by atoms with Gasteiger partial charge in [0.25, 0.3) is 0 Å². The van der Waals surface area contributed by atoms with E-state index in [2.05, 4.69) is 12.2 Å². The topological polar surface area (TPSA) is 83.1 Å². The number of unbranched alkanes of at least 4 members (excludes halogenated alkanes) is 3. The number of fused-ring (bicyclic) bond motifs is 1. The summed E-state index contributed by atoms with van der Waals surface area (Å²) in [7, 11) is 2.99. The Labute approximate surface area is 176 Å². The molecule has 1 aliphatic rings. The Morgan fingerprint density at radius 3 is 2.47 bits per heavy atom. The Balaban J connectivity index is 1.65. The van der Waals surface area contributed by atoms with Crippen LogP contribution in [0.3, 0.4) is 0 Å². The summed E-state index contributed by atoms with van der Waals surface area (Å²) in [5, 5.41) is 3.16. The van der Waals surface area contributed by atoms with Crippen molar-refractivity contribution in [1.29, 1.82) is 0 Å². The highest BCUT2D eigenvalue weighted by atomic mass is 16.6. The number of ether oxygens (including phenoxy) is 4. The largest absolute Gasteiger partial charge is 0.493 e. The molecule has 7 nitrogen and oxygen atoms in total. The Kier molecular flexibility index (Phi) is 7.17. The molecule has 1 N–H and O–H groups in total. The summed E-state index contributed by atoms with van der Waals surface area (Å²) in [6.07, 6.45) is 3.56. The van der Waals surface area contributed by atoms with E-state index >= 15 is 0 Å². The lowest BCUT2D eigenvalue weighted by Crippen LogP contribution is -2.11. The fraction of sp³-hybridized carbons (Fsp3) is 0.391. The zero-order valence-corrected chi connectivity index (χ0v) is 17.5. The Morgan fingerprint density at radius 1 is 1.03 bits per heavy atom. The van der Waals surface area contributed by atoms with Crippen molar-refractivity contribution in [3.05, 3.63) is 53.1 Å². The zero-order chi connectivity index (χ0) is 21.5. The molecule has 7 heteroatoms. The van der Waals surface area contributed by atoms with Crippen molar-refractivity contribution < 1.29 is 28.5 Å². The summed E-state index contributed by atoms with van der Waals surface area (Å²) in [4.78, 5) is 24.5. The molecule has 0 saturated heterocycles. The SMILES string of the molecule is CCCCCCOC(=O)c1ccc(NC2OC(=O)c3c2ccc(OC)c3OC)cc1. The predicted molar refractivity (Wildman–Crippen MR) is 112 cm³/mol. The monoisotopic (exact) mass is 413 g/mol. The number of esters is 2. The number of benzene rings is 2. The lowest BCUT2D eigenvalue weighted by atomic mass is 10.1. The van der Waals surface area contributed by atoms with Crippen LogP contribution in [0.2, 0.25) is 0 Å². The molecule has 2 aromatic carbocycles. The Hall–Kier alpha value is -3.22. The fourth-order valence-corrected chi connectivity index (χ4v) is 3.34. The van der Waals surface area contributed by atoms with Crippen molar-refractivity contribution >= 4 is 17.6 Å². The van der Waals surface area contributed by atoms with E-state index in [1.807, 2.05) is 0 Å². The van der Waals surface area contributed by atoms with Gasteiger partial charge in [0.1, 0.15) is 5.56 Å². The quantitative estimate of drug-likeness (QED) is 0.446. The molecule has 0 aliphatic carbocycles. The van der Waals surface area contributed by atoms with Gasteiger partial charge in [-0.25, -0.2) is 9.59 Å². The Bertz CT molecular complexity index is 893. The summed E-state index contributed by atoms with van der Waals surface area (Å²) in [6, 6.07) is 10.4. The summed E-state index contributed by atoms with van der Waals surface area (Å²) in [6.45, 7) is 2.57. The van der Waals surface area contributed by atoms with Crippen LogP contribution in [0.25, 0.3) is 0 Å². The molecule has 0 spiro atoms. The molecule has 2 aromatic rings. The second-order valence-electron chi connectivity index (χ2n) is 6.97. The van der Waals surface area contributed by atoms with Crippen LogP contribution in [0.1, 0.15) is 65.1 Å². The highest BCUT2D eigenvalue weighted by molar-refractivity contribution is 5.98. The molecule has 0 bridgehead atoms. The fourth-order valence-electron chi connectivity index (χ4n) is 3.34. The van der Waals surface area contributed by atoms with Gasteiger partial charge in [0.15, 0.2) is 11.5 Å². The molecule has 0 aromatic heterocycles. The van der Waals surface area contributed by atoms with Crippen molar-refractivity contribution in [3.8, 4) is 11.5 Å². The van der Waals surface area contributed by atoms with Crippen molar-refractivity contribution in [2.75, 3.05) is 26.1 Å². The summed E-state index contributed by atoms with van der Waals surface area (Å²) < 4.78 is 21.4. The number of carbonyl (C=O) groups is 2. The van der Waals surface area contributed by atoms with Gasteiger partial charge in [0, 0.05) is 11.3 Å². The van der Waals surface area contributed by atoms with Crippen LogP contribution in [0, 0.1) is 0 Å². The molecule has 1 atom stereocenters. The summed E-state index contributed by atoms with van der Waals surface area (Å²) in [5.74, 6) is -0.0122. The summed E-state index contributed by atoms with van der Waals surface area (Å²) >= 11 is 0. The summed E-state index contributed by atoms with van der Waals surface area (Å²) in [5.41, 5.74) is 2.19. The first-order chi connectivity index (χ1) is 14.6.